The van der Waals surface area contributed by atoms with Gasteiger partial charge in [-0.2, -0.15) is 0 Å². The van der Waals surface area contributed by atoms with Crippen LogP contribution in [-0.2, 0) is 4.74 Å². The molecule has 3 aromatic rings. The Morgan fingerprint density at radius 3 is 2.48 bits per heavy atom. The van der Waals surface area contributed by atoms with Crippen molar-refractivity contribution in [2.45, 2.75) is 26.8 Å². The normalized spacial score (nSPS) is 11.6. The van der Waals surface area contributed by atoms with Gasteiger partial charge in [-0.05, 0) is 55.7 Å². The molecule has 6 heteroatoms. The van der Waals surface area contributed by atoms with Gasteiger partial charge in [0.2, 0.25) is 0 Å². The lowest BCUT2D eigenvalue weighted by atomic mass is 10.0. The fourth-order valence-corrected chi connectivity index (χ4v) is 4.61. The van der Waals surface area contributed by atoms with Gasteiger partial charge in [-0.3, -0.25) is 0 Å². The molecule has 1 unspecified atom stereocenters. The van der Waals surface area contributed by atoms with Crippen molar-refractivity contribution in [2.75, 3.05) is 12.4 Å². The van der Waals surface area contributed by atoms with Gasteiger partial charge < -0.3 is 15.4 Å². The van der Waals surface area contributed by atoms with Crippen molar-refractivity contribution in [1.29, 1.82) is 0 Å². The first-order valence-corrected chi connectivity index (χ1v) is 10.5. The number of hydrogen-bond donors (Lipinski definition) is 2. The zero-order valence-electron chi connectivity index (χ0n) is 16.9. The second-order valence-corrected chi connectivity index (χ2v) is 8.35. The van der Waals surface area contributed by atoms with Crippen molar-refractivity contribution in [3.63, 3.8) is 0 Å². The Bertz CT molecular complexity index is 1030. The van der Waals surface area contributed by atoms with Gasteiger partial charge in [-0.25, -0.2) is 4.79 Å². The Morgan fingerprint density at radius 2 is 1.83 bits per heavy atom. The van der Waals surface area contributed by atoms with E-state index >= 15 is 0 Å². The molecule has 0 saturated heterocycles. The standard InChI is InChI=1S/C23H24N2O2S2/c1-14-10-11-18(15(2)12-14)16(3)24-23(28)25-21-19(22(26)27-4)13-20(29-21)17-8-6-5-7-9-17/h5-13,16H,1-4H3,(H2,24,25,28). The van der Waals surface area contributed by atoms with Crippen molar-refractivity contribution in [1.82, 2.24) is 5.32 Å². The van der Waals surface area contributed by atoms with Crippen LogP contribution in [0.1, 0.15) is 40.0 Å². The number of carbonyl (C=O) groups excluding carboxylic acids is 1. The number of thiophene rings is 1. The van der Waals surface area contributed by atoms with Gasteiger partial charge in [0.05, 0.1) is 18.7 Å². The van der Waals surface area contributed by atoms with Crippen LogP contribution in [0.25, 0.3) is 10.4 Å². The van der Waals surface area contributed by atoms with E-state index in [0.717, 1.165) is 10.4 Å². The molecule has 1 atom stereocenters. The Morgan fingerprint density at radius 1 is 1.10 bits per heavy atom. The minimum absolute atomic E-state index is 0.0331. The van der Waals surface area contributed by atoms with Crippen LogP contribution in [0.3, 0.4) is 0 Å². The number of hydrogen-bond acceptors (Lipinski definition) is 4. The third kappa shape index (κ3) is 5.02. The highest BCUT2D eigenvalue weighted by Gasteiger charge is 2.19. The molecule has 0 amide bonds. The molecule has 0 fully saturated rings. The molecular weight excluding hydrogens is 400 g/mol. The van der Waals surface area contributed by atoms with Crippen molar-refractivity contribution >= 4 is 39.6 Å². The number of carbonyl (C=O) groups is 1. The maximum atomic E-state index is 12.3. The molecule has 2 aromatic carbocycles. The monoisotopic (exact) mass is 424 g/mol. The van der Waals surface area contributed by atoms with E-state index in [-0.39, 0.29) is 6.04 Å². The van der Waals surface area contributed by atoms with E-state index in [1.807, 2.05) is 36.4 Å². The van der Waals surface area contributed by atoms with Gasteiger partial charge in [-0.15, -0.1) is 11.3 Å². The van der Waals surface area contributed by atoms with E-state index in [4.69, 9.17) is 17.0 Å². The number of methoxy groups -OCH3 is 1. The second kappa shape index (κ2) is 9.20. The molecule has 0 saturated carbocycles. The van der Waals surface area contributed by atoms with Gasteiger partial charge in [-0.1, -0.05) is 54.1 Å². The van der Waals surface area contributed by atoms with Crippen LogP contribution < -0.4 is 10.6 Å². The highest BCUT2D eigenvalue weighted by Crippen LogP contribution is 2.36. The number of ether oxygens (including phenoxy) is 1. The molecule has 2 N–H and O–H groups in total. The maximum absolute atomic E-state index is 12.3. The van der Waals surface area contributed by atoms with Crippen molar-refractivity contribution in [2.24, 2.45) is 0 Å². The number of anilines is 1. The highest BCUT2D eigenvalue weighted by atomic mass is 32.1. The molecule has 0 bridgehead atoms. The maximum Gasteiger partial charge on any atom is 0.340 e. The second-order valence-electron chi connectivity index (χ2n) is 6.89. The lowest BCUT2D eigenvalue weighted by Crippen LogP contribution is -2.31. The highest BCUT2D eigenvalue weighted by molar-refractivity contribution is 7.80. The van der Waals surface area contributed by atoms with E-state index in [1.54, 1.807) is 0 Å². The smallest absolute Gasteiger partial charge is 0.340 e. The summed E-state index contributed by atoms with van der Waals surface area (Å²) >= 11 is 7.00. The Balaban J connectivity index is 1.80. The molecule has 1 aromatic heterocycles. The summed E-state index contributed by atoms with van der Waals surface area (Å²) < 4.78 is 4.95. The zero-order valence-corrected chi connectivity index (χ0v) is 18.5. The minimum Gasteiger partial charge on any atom is -0.465 e. The first-order valence-electron chi connectivity index (χ1n) is 9.31. The molecule has 3 rings (SSSR count). The van der Waals surface area contributed by atoms with Crippen LogP contribution >= 0.6 is 23.6 Å². The van der Waals surface area contributed by atoms with E-state index in [0.29, 0.717) is 15.7 Å². The van der Waals surface area contributed by atoms with E-state index in [2.05, 4.69) is 49.6 Å². The van der Waals surface area contributed by atoms with Crippen LogP contribution in [0.2, 0.25) is 0 Å². The van der Waals surface area contributed by atoms with Crippen LogP contribution in [0.4, 0.5) is 5.00 Å². The average molecular weight is 425 g/mol. The summed E-state index contributed by atoms with van der Waals surface area (Å²) in [4.78, 5) is 13.2. The summed E-state index contributed by atoms with van der Waals surface area (Å²) in [6.45, 7) is 6.24. The summed E-state index contributed by atoms with van der Waals surface area (Å²) in [5.41, 5.74) is 5.14. The van der Waals surface area contributed by atoms with E-state index in [9.17, 15) is 4.79 Å². The van der Waals surface area contributed by atoms with Crippen LogP contribution in [-0.4, -0.2) is 18.2 Å². The summed E-state index contributed by atoms with van der Waals surface area (Å²) in [6.07, 6.45) is 0. The number of esters is 1. The molecule has 0 aliphatic carbocycles. The van der Waals surface area contributed by atoms with Crippen molar-refractivity contribution in [3.8, 4) is 10.4 Å². The molecule has 1 heterocycles. The summed E-state index contributed by atoms with van der Waals surface area (Å²) in [6, 6.07) is 18.2. The molecular formula is C23H24N2O2S2. The fraction of sp³-hybridized carbons (Fsp3) is 0.217. The summed E-state index contributed by atoms with van der Waals surface area (Å²) in [7, 11) is 1.38. The first-order chi connectivity index (χ1) is 13.9. The molecule has 0 aliphatic heterocycles. The quantitative estimate of drug-likeness (QED) is 0.396. The molecule has 0 spiro atoms. The number of benzene rings is 2. The van der Waals surface area contributed by atoms with Gasteiger partial charge in [0.25, 0.3) is 0 Å². The van der Waals surface area contributed by atoms with Gasteiger partial charge >= 0.3 is 5.97 Å². The minimum atomic E-state index is -0.392. The SMILES string of the molecule is COC(=O)c1cc(-c2ccccc2)sc1NC(=S)NC(C)c1ccc(C)cc1C. The number of aryl methyl sites for hydroxylation is 2. The Hall–Kier alpha value is -2.70. The predicted molar refractivity (Wildman–Crippen MR) is 125 cm³/mol. The molecule has 4 nitrogen and oxygen atoms in total. The van der Waals surface area contributed by atoms with Gasteiger partial charge in [0.15, 0.2) is 5.11 Å². The molecule has 150 valence electrons. The number of nitrogens with one attached hydrogen (secondary N) is 2. The Labute approximate surface area is 180 Å². The average Bonchev–Trinajstić information content (AvgIpc) is 3.11. The Kier molecular flexibility index (Phi) is 6.67. The summed E-state index contributed by atoms with van der Waals surface area (Å²) in [5, 5.41) is 7.63. The third-order valence-electron chi connectivity index (χ3n) is 4.66. The topological polar surface area (TPSA) is 50.4 Å². The lowest BCUT2D eigenvalue weighted by molar-refractivity contribution is 0.0602. The largest absolute Gasteiger partial charge is 0.465 e. The van der Waals surface area contributed by atoms with Crippen LogP contribution in [0.15, 0.2) is 54.6 Å². The van der Waals surface area contributed by atoms with Crippen molar-refractivity contribution in [3.05, 3.63) is 76.9 Å². The predicted octanol–water partition coefficient (Wildman–Crippen LogP) is 5.87. The molecule has 0 radical (unpaired) electrons. The van der Waals surface area contributed by atoms with E-state index in [1.165, 1.54) is 35.1 Å². The lowest BCUT2D eigenvalue weighted by Gasteiger charge is -2.19. The summed E-state index contributed by atoms with van der Waals surface area (Å²) in [5.74, 6) is -0.392. The number of rotatable bonds is 5. The molecule has 0 aliphatic rings. The van der Waals surface area contributed by atoms with Gasteiger partial charge in [0, 0.05) is 4.88 Å². The van der Waals surface area contributed by atoms with Crippen LogP contribution in [0, 0.1) is 13.8 Å². The van der Waals surface area contributed by atoms with Gasteiger partial charge in [0.1, 0.15) is 5.00 Å². The third-order valence-corrected chi connectivity index (χ3v) is 5.98. The fourth-order valence-electron chi connectivity index (χ4n) is 3.22. The molecule has 29 heavy (non-hydrogen) atoms. The van der Waals surface area contributed by atoms with E-state index < -0.39 is 5.97 Å². The number of thiocarbonyl (C=S) groups is 1. The van der Waals surface area contributed by atoms with Crippen LogP contribution in [0.5, 0.6) is 0 Å². The first kappa shape index (κ1) is 21.0. The van der Waals surface area contributed by atoms with Crippen molar-refractivity contribution < 1.29 is 9.53 Å². The zero-order chi connectivity index (χ0) is 21.0.